The average molecular weight is 382 g/mol. The van der Waals surface area contributed by atoms with Crippen molar-refractivity contribution in [3.8, 4) is 5.75 Å². The van der Waals surface area contributed by atoms with Gasteiger partial charge in [0.25, 0.3) is 0 Å². The van der Waals surface area contributed by atoms with Crippen LogP contribution < -0.4 is 4.74 Å². The predicted octanol–water partition coefficient (Wildman–Crippen LogP) is 4.42. The first-order chi connectivity index (χ1) is 11.9. The van der Waals surface area contributed by atoms with Crippen LogP contribution in [0.2, 0.25) is 5.02 Å². The van der Waals surface area contributed by atoms with Gasteiger partial charge in [0.15, 0.2) is 0 Å². The first-order valence-corrected chi connectivity index (χ1v) is 9.08. The number of thioether (sulfide) groups is 1. The average Bonchev–Trinajstić information content (AvgIpc) is 2.96. The van der Waals surface area contributed by atoms with Gasteiger partial charge in [-0.2, -0.15) is 0 Å². The minimum atomic E-state index is -1.07. The number of aryl methyl sites for hydroxylation is 1. The minimum absolute atomic E-state index is 0.0427. The maximum absolute atomic E-state index is 11.6. The number of halogens is 1. The van der Waals surface area contributed by atoms with E-state index in [1.54, 1.807) is 18.2 Å². The summed E-state index contributed by atoms with van der Waals surface area (Å²) in [5, 5.41) is 17.3. The zero-order valence-corrected chi connectivity index (χ0v) is 15.8. The van der Waals surface area contributed by atoms with Crippen LogP contribution in [0, 0.1) is 0 Å². The zero-order chi connectivity index (χ0) is 18.4. The van der Waals surface area contributed by atoms with E-state index in [0.29, 0.717) is 21.5 Å². The number of aromatic amines is 1. The molecule has 1 aromatic carbocycles. The smallest absolute Gasteiger partial charge is 0.342 e. The van der Waals surface area contributed by atoms with Gasteiger partial charge in [-0.25, -0.2) is 9.78 Å². The van der Waals surface area contributed by atoms with Crippen molar-refractivity contribution in [2.45, 2.75) is 44.9 Å². The molecular formula is C17H20ClN3O3S. The van der Waals surface area contributed by atoms with Gasteiger partial charge in [0.1, 0.15) is 16.5 Å². The Morgan fingerprint density at radius 1 is 1.48 bits per heavy atom. The molecule has 2 N–H and O–H groups in total. The molecule has 0 radical (unpaired) electrons. The fourth-order valence-corrected chi connectivity index (χ4v) is 2.94. The fraction of sp³-hybridized carbons (Fsp3) is 0.353. The quantitative estimate of drug-likeness (QED) is 0.520. The number of carbonyl (C=O) groups is 1. The molecule has 0 unspecified atom stereocenters. The van der Waals surface area contributed by atoms with Crippen molar-refractivity contribution in [2.24, 2.45) is 0 Å². The molecule has 0 aliphatic heterocycles. The summed E-state index contributed by atoms with van der Waals surface area (Å²) >= 11 is 7.03. The lowest BCUT2D eigenvalue weighted by atomic mass is 10.2. The SMILES string of the molecule is CCCc1nc(S/C(=C/c2cc(Cl)ccc2OC(C)C)C(=O)O)n[nH]1. The number of aliphatic carboxylic acids is 1. The van der Waals surface area contributed by atoms with E-state index >= 15 is 0 Å². The Hall–Kier alpha value is -1.99. The normalized spacial score (nSPS) is 11.8. The highest BCUT2D eigenvalue weighted by atomic mass is 35.5. The van der Waals surface area contributed by atoms with Crippen LogP contribution in [-0.2, 0) is 11.2 Å². The molecule has 0 saturated heterocycles. The second-order valence-electron chi connectivity index (χ2n) is 5.58. The summed E-state index contributed by atoms with van der Waals surface area (Å²) in [6.45, 7) is 5.84. The maximum Gasteiger partial charge on any atom is 0.342 e. The van der Waals surface area contributed by atoms with Crippen molar-refractivity contribution in [3.63, 3.8) is 0 Å². The third-order valence-corrected chi connectivity index (χ3v) is 4.14. The van der Waals surface area contributed by atoms with Crippen LogP contribution >= 0.6 is 23.4 Å². The van der Waals surface area contributed by atoms with Gasteiger partial charge in [-0.3, -0.25) is 5.10 Å². The van der Waals surface area contributed by atoms with E-state index < -0.39 is 5.97 Å². The second-order valence-corrected chi connectivity index (χ2v) is 7.02. The standard InChI is InChI=1S/C17H20ClN3O3S/c1-4-5-15-19-17(21-20-15)25-14(16(22)23)9-11-8-12(18)6-7-13(11)24-10(2)3/h6-10H,4-5H2,1-3H3,(H,22,23)(H,19,20,21)/b14-9+. The molecule has 0 saturated carbocycles. The van der Waals surface area contributed by atoms with Crippen LogP contribution in [-0.4, -0.2) is 32.4 Å². The van der Waals surface area contributed by atoms with Crippen LogP contribution in [0.15, 0.2) is 28.3 Å². The monoisotopic (exact) mass is 381 g/mol. The summed E-state index contributed by atoms with van der Waals surface area (Å²) in [6, 6.07) is 5.10. The van der Waals surface area contributed by atoms with Crippen molar-refractivity contribution < 1.29 is 14.6 Å². The molecule has 6 nitrogen and oxygen atoms in total. The molecule has 134 valence electrons. The van der Waals surface area contributed by atoms with E-state index in [0.717, 1.165) is 30.4 Å². The van der Waals surface area contributed by atoms with Gasteiger partial charge in [-0.15, -0.1) is 5.10 Å². The number of rotatable bonds is 8. The molecule has 0 amide bonds. The van der Waals surface area contributed by atoms with Gasteiger partial charge in [-0.1, -0.05) is 18.5 Å². The lowest BCUT2D eigenvalue weighted by Crippen LogP contribution is -2.07. The molecule has 8 heteroatoms. The molecule has 25 heavy (non-hydrogen) atoms. The van der Waals surface area contributed by atoms with Gasteiger partial charge in [0.2, 0.25) is 5.16 Å². The number of H-pyrrole nitrogens is 1. The lowest BCUT2D eigenvalue weighted by molar-refractivity contribution is -0.131. The van der Waals surface area contributed by atoms with Gasteiger partial charge in [-0.05, 0) is 56.3 Å². The second kappa shape index (κ2) is 8.92. The fourth-order valence-electron chi connectivity index (χ4n) is 2.04. The lowest BCUT2D eigenvalue weighted by Gasteiger charge is -2.13. The Kier molecular flexibility index (Phi) is 6.90. The number of benzene rings is 1. The van der Waals surface area contributed by atoms with Gasteiger partial charge in [0.05, 0.1) is 6.10 Å². The van der Waals surface area contributed by atoms with Crippen LogP contribution in [0.4, 0.5) is 0 Å². The van der Waals surface area contributed by atoms with E-state index in [1.165, 1.54) is 6.08 Å². The number of hydrogen-bond donors (Lipinski definition) is 2. The summed E-state index contributed by atoms with van der Waals surface area (Å²) in [5.74, 6) is 0.240. The molecule has 1 heterocycles. The summed E-state index contributed by atoms with van der Waals surface area (Å²) < 4.78 is 5.72. The molecule has 0 spiro atoms. The number of ether oxygens (including phenoxy) is 1. The summed E-state index contributed by atoms with van der Waals surface area (Å²) in [4.78, 5) is 16.0. The molecule has 0 bridgehead atoms. The Morgan fingerprint density at radius 2 is 2.24 bits per heavy atom. The molecular weight excluding hydrogens is 362 g/mol. The Bertz CT molecular complexity index is 774. The number of carboxylic acids is 1. The predicted molar refractivity (Wildman–Crippen MR) is 99.1 cm³/mol. The van der Waals surface area contributed by atoms with Crippen molar-refractivity contribution in [1.82, 2.24) is 15.2 Å². The van der Waals surface area contributed by atoms with Crippen molar-refractivity contribution >= 4 is 35.4 Å². The van der Waals surface area contributed by atoms with Crippen LogP contribution in [0.1, 0.15) is 38.6 Å². The molecule has 1 aromatic heterocycles. The number of nitrogens with zero attached hydrogens (tertiary/aromatic N) is 2. The van der Waals surface area contributed by atoms with Gasteiger partial charge >= 0.3 is 5.97 Å². The van der Waals surface area contributed by atoms with Gasteiger partial charge in [0, 0.05) is 17.0 Å². The topological polar surface area (TPSA) is 88.1 Å². The maximum atomic E-state index is 11.6. The minimum Gasteiger partial charge on any atom is -0.490 e. The van der Waals surface area contributed by atoms with E-state index in [9.17, 15) is 9.90 Å². The first-order valence-electron chi connectivity index (χ1n) is 7.89. The number of nitrogens with one attached hydrogen (secondary N) is 1. The Balaban J connectivity index is 2.32. The van der Waals surface area contributed by atoms with E-state index in [4.69, 9.17) is 16.3 Å². The molecule has 0 atom stereocenters. The molecule has 0 aliphatic carbocycles. The largest absolute Gasteiger partial charge is 0.490 e. The first kappa shape index (κ1) is 19.3. The molecule has 0 aliphatic rings. The van der Waals surface area contributed by atoms with Gasteiger partial charge < -0.3 is 9.84 Å². The van der Waals surface area contributed by atoms with Crippen LogP contribution in [0.25, 0.3) is 6.08 Å². The highest BCUT2D eigenvalue weighted by Gasteiger charge is 2.15. The number of aromatic nitrogens is 3. The number of hydrogen-bond acceptors (Lipinski definition) is 5. The third-order valence-electron chi connectivity index (χ3n) is 3.03. The van der Waals surface area contributed by atoms with Crippen molar-refractivity contribution in [1.29, 1.82) is 0 Å². The molecule has 2 rings (SSSR count). The summed E-state index contributed by atoms with van der Waals surface area (Å²) in [6.07, 6.45) is 3.17. The molecule has 2 aromatic rings. The Morgan fingerprint density at radius 3 is 2.88 bits per heavy atom. The number of carboxylic acid groups (broad SMARTS) is 1. The molecule has 0 fully saturated rings. The highest BCUT2D eigenvalue weighted by Crippen LogP contribution is 2.31. The van der Waals surface area contributed by atoms with E-state index in [-0.39, 0.29) is 11.0 Å². The van der Waals surface area contributed by atoms with Crippen LogP contribution in [0.5, 0.6) is 5.75 Å². The van der Waals surface area contributed by atoms with Crippen LogP contribution in [0.3, 0.4) is 0 Å². The van der Waals surface area contributed by atoms with E-state index in [1.807, 2.05) is 20.8 Å². The Labute approximate surface area is 155 Å². The third kappa shape index (κ3) is 5.79. The summed E-state index contributed by atoms with van der Waals surface area (Å²) in [7, 11) is 0. The highest BCUT2D eigenvalue weighted by molar-refractivity contribution is 8.04. The summed E-state index contributed by atoms with van der Waals surface area (Å²) in [5.41, 5.74) is 0.593. The van der Waals surface area contributed by atoms with Crippen molar-refractivity contribution in [3.05, 3.63) is 39.5 Å². The van der Waals surface area contributed by atoms with E-state index in [2.05, 4.69) is 15.2 Å². The van der Waals surface area contributed by atoms with Crippen molar-refractivity contribution in [2.75, 3.05) is 0 Å². The zero-order valence-electron chi connectivity index (χ0n) is 14.2.